The van der Waals surface area contributed by atoms with Gasteiger partial charge in [-0.15, -0.1) is 21.5 Å². The maximum absolute atomic E-state index is 12.2. The van der Waals surface area contributed by atoms with Gasteiger partial charge >= 0.3 is 0 Å². The van der Waals surface area contributed by atoms with Crippen molar-refractivity contribution in [1.82, 2.24) is 25.1 Å². The first kappa shape index (κ1) is 19.9. The van der Waals surface area contributed by atoms with E-state index in [1.54, 1.807) is 5.38 Å². The molecule has 1 amide bonds. The van der Waals surface area contributed by atoms with Gasteiger partial charge in [-0.25, -0.2) is 4.98 Å². The average Bonchev–Trinajstić information content (AvgIpc) is 3.18. The zero-order chi connectivity index (χ0) is 19.6. The van der Waals surface area contributed by atoms with Gasteiger partial charge in [-0.05, 0) is 45.9 Å². The molecule has 2 heterocycles. The molecule has 0 radical (unpaired) electrons. The number of nitrogens with one attached hydrogen (secondary N) is 1. The minimum Gasteiger partial charge on any atom is -0.346 e. The third-order valence-electron chi connectivity index (χ3n) is 3.46. The van der Waals surface area contributed by atoms with Crippen molar-refractivity contribution in [3.8, 4) is 5.69 Å². The van der Waals surface area contributed by atoms with E-state index in [4.69, 9.17) is 11.6 Å². The fraction of sp³-hybridized carbons (Fsp3) is 0.333. The molecule has 0 aliphatic carbocycles. The molecule has 0 aliphatic heterocycles. The van der Waals surface area contributed by atoms with Crippen molar-refractivity contribution in [2.45, 2.75) is 44.1 Å². The van der Waals surface area contributed by atoms with E-state index in [0.717, 1.165) is 21.7 Å². The summed E-state index contributed by atoms with van der Waals surface area (Å²) in [6.07, 6.45) is 0. The van der Waals surface area contributed by atoms with Crippen molar-refractivity contribution in [3.05, 3.63) is 51.2 Å². The number of carbonyl (C=O) groups excluding carboxylic acids is 1. The van der Waals surface area contributed by atoms with Gasteiger partial charge in [0.25, 0.3) is 5.91 Å². The van der Waals surface area contributed by atoms with Gasteiger partial charge in [0.1, 0.15) is 16.5 Å². The molecule has 27 heavy (non-hydrogen) atoms. The zero-order valence-corrected chi connectivity index (χ0v) is 17.9. The largest absolute Gasteiger partial charge is 0.346 e. The Hall–Kier alpha value is -1.90. The fourth-order valence-corrected chi connectivity index (χ4v) is 4.34. The van der Waals surface area contributed by atoms with Gasteiger partial charge in [0.15, 0.2) is 5.16 Å². The van der Waals surface area contributed by atoms with Gasteiger partial charge in [0, 0.05) is 15.9 Å². The van der Waals surface area contributed by atoms with Crippen LogP contribution in [0.4, 0.5) is 0 Å². The van der Waals surface area contributed by atoms with Crippen LogP contribution in [0.3, 0.4) is 0 Å². The number of hydrogen-bond donors (Lipinski definition) is 1. The number of thioether (sulfide) groups is 1. The van der Waals surface area contributed by atoms with Crippen molar-refractivity contribution in [2.24, 2.45) is 0 Å². The van der Waals surface area contributed by atoms with Crippen LogP contribution in [-0.2, 0) is 5.75 Å². The van der Waals surface area contributed by atoms with Crippen molar-refractivity contribution in [2.75, 3.05) is 0 Å². The number of nitrogens with zero attached hydrogens (tertiary/aromatic N) is 4. The molecule has 0 atom stereocenters. The Balaban J connectivity index is 1.73. The highest BCUT2D eigenvalue weighted by molar-refractivity contribution is 7.98. The molecule has 0 fully saturated rings. The normalized spacial score (nSPS) is 11.6. The van der Waals surface area contributed by atoms with E-state index >= 15 is 0 Å². The Bertz CT molecular complexity index is 961. The Morgan fingerprint density at radius 3 is 2.81 bits per heavy atom. The lowest BCUT2D eigenvalue weighted by Gasteiger charge is -2.19. The summed E-state index contributed by atoms with van der Waals surface area (Å²) in [5, 5.41) is 15.4. The molecule has 0 saturated heterocycles. The fourth-order valence-electron chi connectivity index (χ4n) is 2.36. The predicted molar refractivity (Wildman–Crippen MR) is 110 cm³/mol. The number of aromatic nitrogens is 4. The van der Waals surface area contributed by atoms with Crippen LogP contribution >= 0.6 is 34.7 Å². The summed E-state index contributed by atoms with van der Waals surface area (Å²) < 4.78 is 1.96. The van der Waals surface area contributed by atoms with Crippen LogP contribution in [0.15, 0.2) is 34.8 Å². The number of benzene rings is 1. The van der Waals surface area contributed by atoms with E-state index in [1.807, 2.05) is 56.5 Å². The van der Waals surface area contributed by atoms with Crippen LogP contribution in [0.25, 0.3) is 5.69 Å². The Morgan fingerprint density at radius 1 is 1.33 bits per heavy atom. The van der Waals surface area contributed by atoms with E-state index < -0.39 is 0 Å². The highest BCUT2D eigenvalue weighted by atomic mass is 35.5. The van der Waals surface area contributed by atoms with Crippen LogP contribution < -0.4 is 5.32 Å². The lowest BCUT2D eigenvalue weighted by molar-refractivity contribution is 0.0915. The van der Waals surface area contributed by atoms with Crippen molar-refractivity contribution in [1.29, 1.82) is 0 Å². The molecule has 2 aromatic heterocycles. The summed E-state index contributed by atoms with van der Waals surface area (Å²) >= 11 is 9.10. The summed E-state index contributed by atoms with van der Waals surface area (Å²) in [7, 11) is 0. The van der Waals surface area contributed by atoms with Gasteiger partial charge < -0.3 is 5.32 Å². The summed E-state index contributed by atoms with van der Waals surface area (Å²) in [5.74, 6) is 1.23. The average molecular weight is 422 g/mol. The molecule has 0 spiro atoms. The minimum absolute atomic E-state index is 0.159. The zero-order valence-electron chi connectivity index (χ0n) is 15.5. The molecule has 1 aromatic carbocycles. The third kappa shape index (κ3) is 5.09. The van der Waals surface area contributed by atoms with E-state index in [9.17, 15) is 4.79 Å². The number of rotatable bonds is 5. The quantitative estimate of drug-likeness (QED) is 0.613. The number of halogens is 1. The lowest BCUT2D eigenvalue weighted by Crippen LogP contribution is -2.40. The molecular formula is C18H20ClN5OS2. The summed E-state index contributed by atoms with van der Waals surface area (Å²) in [6.45, 7) is 7.73. The summed E-state index contributed by atoms with van der Waals surface area (Å²) in [4.78, 5) is 16.6. The van der Waals surface area contributed by atoms with E-state index in [-0.39, 0.29) is 11.4 Å². The highest BCUT2D eigenvalue weighted by Crippen LogP contribution is 2.27. The number of carbonyl (C=O) groups is 1. The van der Waals surface area contributed by atoms with Gasteiger partial charge in [-0.1, -0.05) is 29.4 Å². The van der Waals surface area contributed by atoms with Crippen molar-refractivity contribution < 1.29 is 4.79 Å². The maximum atomic E-state index is 12.2. The van der Waals surface area contributed by atoms with Gasteiger partial charge in [0.2, 0.25) is 0 Å². The topological polar surface area (TPSA) is 72.7 Å². The molecule has 0 saturated carbocycles. The van der Waals surface area contributed by atoms with Gasteiger partial charge in [-0.3, -0.25) is 9.36 Å². The first-order valence-electron chi connectivity index (χ1n) is 8.30. The van der Waals surface area contributed by atoms with E-state index in [2.05, 4.69) is 20.5 Å². The Kier molecular flexibility index (Phi) is 5.88. The first-order chi connectivity index (χ1) is 12.7. The van der Waals surface area contributed by atoms with Gasteiger partial charge in [0.05, 0.1) is 11.4 Å². The Labute approximate surface area is 171 Å². The van der Waals surface area contributed by atoms with Crippen LogP contribution in [0.2, 0.25) is 5.02 Å². The lowest BCUT2D eigenvalue weighted by atomic mass is 10.1. The number of thiazole rings is 1. The third-order valence-corrected chi connectivity index (χ3v) is 5.67. The summed E-state index contributed by atoms with van der Waals surface area (Å²) in [6, 6.07) is 7.56. The number of aryl methyl sites for hydroxylation is 1. The van der Waals surface area contributed by atoms with Crippen LogP contribution in [0.5, 0.6) is 0 Å². The minimum atomic E-state index is -0.291. The highest BCUT2D eigenvalue weighted by Gasteiger charge is 2.18. The second-order valence-electron chi connectivity index (χ2n) is 6.96. The van der Waals surface area contributed by atoms with Crippen LogP contribution in [0.1, 0.15) is 42.1 Å². The predicted octanol–water partition coefficient (Wildman–Crippen LogP) is 4.51. The molecule has 1 N–H and O–H groups in total. The molecule has 9 heteroatoms. The van der Waals surface area contributed by atoms with Crippen molar-refractivity contribution in [3.63, 3.8) is 0 Å². The van der Waals surface area contributed by atoms with Crippen molar-refractivity contribution >= 4 is 40.6 Å². The first-order valence-corrected chi connectivity index (χ1v) is 10.5. The summed E-state index contributed by atoms with van der Waals surface area (Å²) in [5.41, 5.74) is 1.07. The van der Waals surface area contributed by atoms with Crippen LogP contribution in [-0.4, -0.2) is 31.2 Å². The second kappa shape index (κ2) is 8.00. The number of hydrogen-bond acceptors (Lipinski definition) is 6. The monoisotopic (exact) mass is 421 g/mol. The molecule has 3 rings (SSSR count). The molecule has 3 aromatic rings. The molecule has 6 nitrogen and oxygen atoms in total. The van der Waals surface area contributed by atoms with Gasteiger partial charge in [-0.2, -0.15) is 0 Å². The SMILES string of the molecule is Cc1nnc(SCc2nc(C(=O)NC(C)(C)C)cs2)n1-c1cccc(Cl)c1. The molecule has 0 bridgehead atoms. The molecule has 0 aliphatic rings. The maximum Gasteiger partial charge on any atom is 0.271 e. The standard InChI is InChI=1S/C18H20ClN5OS2/c1-11-22-23-17(24(11)13-7-5-6-12(19)8-13)27-10-15-20-14(9-26-15)16(25)21-18(2,3)4/h5-9H,10H2,1-4H3,(H,21,25). The smallest absolute Gasteiger partial charge is 0.271 e. The Morgan fingerprint density at radius 2 is 2.11 bits per heavy atom. The molecule has 142 valence electrons. The second-order valence-corrected chi connectivity index (χ2v) is 9.29. The van der Waals surface area contributed by atoms with Crippen LogP contribution in [0, 0.1) is 6.92 Å². The van der Waals surface area contributed by atoms with E-state index in [1.165, 1.54) is 23.1 Å². The molecular weight excluding hydrogens is 402 g/mol. The number of amides is 1. The molecule has 0 unspecified atom stereocenters. The van der Waals surface area contributed by atoms with E-state index in [0.29, 0.717) is 16.5 Å².